The number of hydrogen-bond acceptors (Lipinski definition) is 2. The normalized spacial score (nSPS) is 18.2. The summed E-state index contributed by atoms with van der Waals surface area (Å²) in [6, 6.07) is 4.49. The van der Waals surface area contributed by atoms with E-state index in [1.807, 2.05) is 6.07 Å². The molecule has 122 valence electrons. The molecule has 0 bridgehead atoms. The summed E-state index contributed by atoms with van der Waals surface area (Å²) < 4.78 is 39.6. The lowest BCUT2D eigenvalue weighted by Gasteiger charge is -2.33. The average Bonchev–Trinajstić information content (AvgIpc) is 2.48. The number of piperidine rings is 1. The molecule has 0 aromatic heterocycles. The van der Waals surface area contributed by atoms with Crippen LogP contribution in [0.1, 0.15) is 48.8 Å². The number of nitrogens with zero attached hydrogens (tertiary/aromatic N) is 2. The molecule has 0 N–H and O–H groups in total. The van der Waals surface area contributed by atoms with Gasteiger partial charge in [0.1, 0.15) is 0 Å². The van der Waals surface area contributed by atoms with Crippen LogP contribution in [0.2, 0.25) is 0 Å². The summed E-state index contributed by atoms with van der Waals surface area (Å²) >= 11 is 0. The highest BCUT2D eigenvalue weighted by Gasteiger charge is 2.35. The van der Waals surface area contributed by atoms with Crippen LogP contribution in [0.25, 0.3) is 0 Å². The zero-order valence-electron chi connectivity index (χ0n) is 13.2. The second-order valence-corrected chi connectivity index (χ2v) is 5.81. The molecule has 1 saturated heterocycles. The molecular weight excluding hydrogens is 289 g/mol. The van der Waals surface area contributed by atoms with Crippen molar-refractivity contribution < 1.29 is 13.2 Å². The van der Waals surface area contributed by atoms with E-state index in [1.54, 1.807) is 0 Å². The monoisotopic (exact) mass is 312 g/mol. The van der Waals surface area contributed by atoms with Gasteiger partial charge in [-0.3, -0.25) is 4.99 Å². The molecule has 22 heavy (non-hydrogen) atoms. The summed E-state index contributed by atoms with van der Waals surface area (Å²) in [4.78, 5) is 6.23. The van der Waals surface area contributed by atoms with E-state index in [0.717, 1.165) is 50.5 Å². The lowest BCUT2D eigenvalue weighted by Crippen LogP contribution is -2.33. The van der Waals surface area contributed by atoms with Gasteiger partial charge in [-0.15, -0.1) is 0 Å². The number of alkyl halides is 3. The van der Waals surface area contributed by atoms with E-state index >= 15 is 0 Å². The quantitative estimate of drug-likeness (QED) is 0.755. The number of benzene rings is 1. The number of hydrogen-bond donors (Lipinski definition) is 0. The fraction of sp³-hybridized carbons (Fsp3) is 0.588. The number of rotatable bonds is 4. The molecule has 0 amide bonds. The lowest BCUT2D eigenvalue weighted by molar-refractivity contribution is -0.137. The average molecular weight is 312 g/mol. The molecule has 0 spiro atoms. The van der Waals surface area contributed by atoms with Crippen LogP contribution in [0.5, 0.6) is 0 Å². The van der Waals surface area contributed by atoms with Gasteiger partial charge in [0.2, 0.25) is 0 Å². The van der Waals surface area contributed by atoms with Gasteiger partial charge in [0.25, 0.3) is 0 Å². The summed E-state index contributed by atoms with van der Waals surface area (Å²) in [5.41, 5.74) is 0.453. The van der Waals surface area contributed by atoms with E-state index < -0.39 is 11.7 Å². The van der Waals surface area contributed by atoms with E-state index in [4.69, 9.17) is 0 Å². The van der Waals surface area contributed by atoms with Gasteiger partial charge >= 0.3 is 6.18 Å². The second kappa shape index (κ2) is 7.27. The first-order chi connectivity index (χ1) is 10.5. The van der Waals surface area contributed by atoms with Crippen molar-refractivity contribution in [3.05, 3.63) is 34.9 Å². The van der Waals surface area contributed by atoms with Crippen molar-refractivity contribution in [3.63, 3.8) is 0 Å². The Morgan fingerprint density at radius 1 is 1.27 bits per heavy atom. The van der Waals surface area contributed by atoms with Crippen molar-refractivity contribution in [1.82, 2.24) is 4.90 Å². The maximum Gasteiger partial charge on any atom is 0.417 e. The predicted octanol–water partition coefficient (Wildman–Crippen LogP) is 4.34. The molecule has 0 saturated carbocycles. The zero-order chi connectivity index (χ0) is 16.2. The third kappa shape index (κ3) is 3.88. The lowest BCUT2D eigenvalue weighted by atomic mass is 9.85. The number of likely N-dealkylation sites (tertiary alicyclic amines) is 1. The van der Waals surface area contributed by atoms with E-state index in [0.29, 0.717) is 0 Å². The fourth-order valence-corrected chi connectivity index (χ4v) is 3.24. The molecule has 0 unspecified atom stereocenters. The Labute approximate surface area is 130 Å². The van der Waals surface area contributed by atoms with Gasteiger partial charge in [-0.1, -0.05) is 19.1 Å². The minimum Gasteiger partial charge on any atom is -0.303 e. The van der Waals surface area contributed by atoms with E-state index in [9.17, 15) is 13.2 Å². The van der Waals surface area contributed by atoms with Crippen molar-refractivity contribution in [2.45, 2.75) is 38.3 Å². The Morgan fingerprint density at radius 3 is 2.50 bits per heavy atom. The highest BCUT2D eigenvalue weighted by Crippen LogP contribution is 2.37. The first kappa shape index (κ1) is 17.0. The van der Waals surface area contributed by atoms with Gasteiger partial charge in [-0.25, -0.2) is 0 Å². The first-order valence-electron chi connectivity index (χ1n) is 7.82. The summed E-state index contributed by atoms with van der Waals surface area (Å²) in [6.45, 7) is 5.13. The van der Waals surface area contributed by atoms with Crippen molar-refractivity contribution >= 4 is 6.21 Å². The van der Waals surface area contributed by atoms with Crippen LogP contribution in [0.3, 0.4) is 0 Å². The summed E-state index contributed by atoms with van der Waals surface area (Å²) in [5.74, 6) is 0.184. The van der Waals surface area contributed by atoms with Gasteiger partial charge < -0.3 is 4.90 Å². The molecule has 2 rings (SSSR count). The van der Waals surface area contributed by atoms with E-state index in [2.05, 4.69) is 16.8 Å². The van der Waals surface area contributed by atoms with E-state index in [-0.39, 0.29) is 11.5 Å². The zero-order valence-corrected chi connectivity index (χ0v) is 13.2. The molecule has 1 aliphatic rings. The van der Waals surface area contributed by atoms with Crippen molar-refractivity contribution in [2.24, 2.45) is 4.99 Å². The van der Waals surface area contributed by atoms with Crippen LogP contribution in [0.4, 0.5) is 13.2 Å². The van der Waals surface area contributed by atoms with Crippen LogP contribution in [-0.4, -0.2) is 37.8 Å². The first-order valence-corrected chi connectivity index (χ1v) is 7.82. The van der Waals surface area contributed by atoms with Crippen molar-refractivity contribution in [3.8, 4) is 0 Å². The second-order valence-electron chi connectivity index (χ2n) is 5.81. The highest BCUT2D eigenvalue weighted by atomic mass is 19.4. The van der Waals surface area contributed by atoms with Gasteiger partial charge in [0, 0.05) is 18.8 Å². The maximum absolute atomic E-state index is 13.2. The number of aliphatic imine (C=N–C) groups is 1. The topological polar surface area (TPSA) is 15.6 Å². The minimum absolute atomic E-state index is 0.184. The third-order valence-electron chi connectivity index (χ3n) is 4.27. The molecule has 1 aromatic rings. The SMILES string of the molecule is CCCN1CCC(c2cccc(C(F)(F)F)c2C=NC)CC1. The standard InChI is InChI=1S/C17H23F3N2/c1-3-9-22-10-7-13(8-11-22)14-5-4-6-16(17(18,19)20)15(14)12-21-2/h4-6,12-13H,3,7-11H2,1-2H3. The van der Waals surface area contributed by atoms with Gasteiger partial charge in [-0.2, -0.15) is 13.2 Å². The molecule has 0 atom stereocenters. The molecule has 5 heteroatoms. The molecule has 1 fully saturated rings. The van der Waals surface area contributed by atoms with E-state index in [1.165, 1.54) is 19.3 Å². The highest BCUT2D eigenvalue weighted by molar-refractivity contribution is 5.84. The third-order valence-corrected chi connectivity index (χ3v) is 4.27. The molecular formula is C17H23F3N2. The van der Waals surface area contributed by atoms with Crippen LogP contribution >= 0.6 is 0 Å². The van der Waals surface area contributed by atoms with Gasteiger partial charge in [-0.05, 0) is 56.4 Å². The van der Waals surface area contributed by atoms with Crippen LogP contribution in [0.15, 0.2) is 23.2 Å². The fourth-order valence-electron chi connectivity index (χ4n) is 3.24. The van der Waals surface area contributed by atoms with Crippen LogP contribution in [0, 0.1) is 0 Å². The Morgan fingerprint density at radius 2 is 1.95 bits per heavy atom. The number of halogens is 3. The molecule has 1 heterocycles. The predicted molar refractivity (Wildman–Crippen MR) is 83.7 cm³/mol. The van der Waals surface area contributed by atoms with Crippen molar-refractivity contribution in [1.29, 1.82) is 0 Å². The van der Waals surface area contributed by atoms with Gasteiger partial charge in [0.15, 0.2) is 0 Å². The van der Waals surface area contributed by atoms with Crippen molar-refractivity contribution in [2.75, 3.05) is 26.7 Å². The summed E-state index contributed by atoms with van der Waals surface area (Å²) in [5, 5.41) is 0. The van der Waals surface area contributed by atoms with Crippen LogP contribution in [-0.2, 0) is 6.18 Å². The molecule has 0 radical (unpaired) electrons. The van der Waals surface area contributed by atoms with Gasteiger partial charge in [0.05, 0.1) is 5.56 Å². The molecule has 0 aliphatic carbocycles. The maximum atomic E-state index is 13.2. The summed E-state index contributed by atoms with van der Waals surface area (Å²) in [7, 11) is 1.51. The minimum atomic E-state index is -4.34. The smallest absolute Gasteiger partial charge is 0.303 e. The van der Waals surface area contributed by atoms with Crippen LogP contribution < -0.4 is 0 Å². The Bertz CT molecular complexity index is 515. The Hall–Kier alpha value is -1.36. The summed E-state index contributed by atoms with van der Waals surface area (Å²) in [6.07, 6.45) is -0.0499. The molecule has 1 aromatic carbocycles. The Kier molecular flexibility index (Phi) is 5.62. The Balaban J connectivity index is 2.28. The molecule has 1 aliphatic heterocycles. The largest absolute Gasteiger partial charge is 0.417 e. The molecule has 2 nitrogen and oxygen atoms in total.